The van der Waals surface area contributed by atoms with Gasteiger partial charge in [0.25, 0.3) is 5.69 Å². The molecule has 7 nitrogen and oxygen atoms in total. The van der Waals surface area contributed by atoms with Crippen LogP contribution in [0.2, 0.25) is 0 Å². The molecular formula is C10H11F3N4O3. The van der Waals surface area contributed by atoms with E-state index in [1.165, 1.54) is 0 Å². The average Bonchev–Trinajstić information content (AvgIpc) is 2.35. The molecule has 0 radical (unpaired) electrons. The van der Waals surface area contributed by atoms with Gasteiger partial charge in [0, 0.05) is 12.6 Å². The highest BCUT2D eigenvalue weighted by atomic mass is 19.4. The highest BCUT2D eigenvalue weighted by Gasteiger charge is 2.33. The molecular weight excluding hydrogens is 281 g/mol. The third-order valence-corrected chi connectivity index (χ3v) is 2.17. The molecule has 3 N–H and O–H groups in total. The third kappa shape index (κ3) is 4.00. The van der Waals surface area contributed by atoms with Crippen molar-refractivity contribution >= 4 is 17.4 Å². The van der Waals surface area contributed by atoms with Crippen molar-refractivity contribution in [1.82, 2.24) is 10.7 Å². The maximum absolute atomic E-state index is 12.5. The van der Waals surface area contributed by atoms with Crippen LogP contribution in [0.4, 0.5) is 29.3 Å². The number of hydrogen-bond donors (Lipinski definition) is 3. The van der Waals surface area contributed by atoms with Gasteiger partial charge in [0.1, 0.15) is 5.69 Å². The van der Waals surface area contributed by atoms with Crippen molar-refractivity contribution < 1.29 is 22.9 Å². The molecule has 0 aliphatic rings. The Labute approximate surface area is 111 Å². The van der Waals surface area contributed by atoms with Crippen LogP contribution in [0, 0.1) is 10.1 Å². The molecule has 2 amide bonds. The quantitative estimate of drug-likeness (QED) is 0.586. The summed E-state index contributed by atoms with van der Waals surface area (Å²) in [4.78, 5) is 20.9. The van der Waals surface area contributed by atoms with Crippen LogP contribution in [0.1, 0.15) is 12.5 Å². The van der Waals surface area contributed by atoms with Crippen molar-refractivity contribution in [3.05, 3.63) is 33.9 Å². The van der Waals surface area contributed by atoms with Crippen LogP contribution >= 0.6 is 0 Å². The first-order chi connectivity index (χ1) is 9.25. The zero-order chi connectivity index (χ0) is 15.3. The van der Waals surface area contributed by atoms with Gasteiger partial charge in [0.15, 0.2) is 0 Å². The van der Waals surface area contributed by atoms with E-state index in [4.69, 9.17) is 0 Å². The Morgan fingerprint density at radius 1 is 1.40 bits per heavy atom. The molecule has 1 aromatic rings. The number of nitrogens with zero attached hydrogens (tertiary/aromatic N) is 1. The van der Waals surface area contributed by atoms with E-state index in [2.05, 4.69) is 16.2 Å². The Morgan fingerprint density at radius 2 is 2.05 bits per heavy atom. The summed E-state index contributed by atoms with van der Waals surface area (Å²) in [5.74, 6) is 0. The minimum atomic E-state index is -4.68. The fraction of sp³-hybridized carbons (Fsp3) is 0.300. The van der Waals surface area contributed by atoms with Crippen molar-refractivity contribution in [2.24, 2.45) is 0 Å². The number of nitrogens with one attached hydrogen (secondary N) is 3. The number of nitro benzene ring substituents is 1. The normalized spacial score (nSPS) is 10.8. The van der Waals surface area contributed by atoms with E-state index in [1.807, 2.05) is 0 Å². The molecule has 20 heavy (non-hydrogen) atoms. The number of anilines is 1. The summed E-state index contributed by atoms with van der Waals surface area (Å²) in [6, 6.07) is 1.27. The van der Waals surface area contributed by atoms with E-state index in [1.54, 1.807) is 6.92 Å². The number of hydrazine groups is 1. The van der Waals surface area contributed by atoms with Crippen LogP contribution in [0.5, 0.6) is 0 Å². The van der Waals surface area contributed by atoms with Gasteiger partial charge in [-0.25, -0.2) is 4.79 Å². The maximum Gasteiger partial charge on any atom is 0.416 e. The number of alkyl halides is 3. The average molecular weight is 292 g/mol. The number of nitro groups is 1. The second-order valence-electron chi connectivity index (χ2n) is 3.60. The Balaban J connectivity index is 2.97. The molecule has 0 atom stereocenters. The first-order valence-corrected chi connectivity index (χ1v) is 5.41. The van der Waals surface area contributed by atoms with E-state index in [9.17, 15) is 28.1 Å². The van der Waals surface area contributed by atoms with Crippen molar-refractivity contribution in [1.29, 1.82) is 0 Å². The number of benzene rings is 1. The van der Waals surface area contributed by atoms with Crippen LogP contribution in [0.25, 0.3) is 0 Å². The molecule has 0 aromatic heterocycles. The summed E-state index contributed by atoms with van der Waals surface area (Å²) in [5, 5.41) is 13.1. The molecule has 10 heteroatoms. The molecule has 0 fully saturated rings. The number of halogens is 3. The number of hydrogen-bond acceptors (Lipinski definition) is 4. The largest absolute Gasteiger partial charge is 0.416 e. The van der Waals surface area contributed by atoms with Crippen LogP contribution in [0.15, 0.2) is 18.2 Å². The van der Waals surface area contributed by atoms with Gasteiger partial charge in [0.05, 0.1) is 10.5 Å². The highest BCUT2D eigenvalue weighted by Crippen LogP contribution is 2.34. The van der Waals surface area contributed by atoms with Gasteiger partial charge in [-0.2, -0.15) is 13.2 Å². The van der Waals surface area contributed by atoms with Crippen LogP contribution in [0.3, 0.4) is 0 Å². The van der Waals surface area contributed by atoms with E-state index < -0.39 is 28.4 Å². The number of urea groups is 1. The number of amides is 2. The highest BCUT2D eigenvalue weighted by molar-refractivity contribution is 5.76. The number of rotatable bonds is 4. The molecule has 0 heterocycles. The Kier molecular flexibility index (Phi) is 4.73. The summed E-state index contributed by atoms with van der Waals surface area (Å²) in [6.07, 6.45) is -4.68. The minimum absolute atomic E-state index is 0.255. The molecule has 1 rings (SSSR count). The van der Waals surface area contributed by atoms with Crippen molar-refractivity contribution in [3.63, 3.8) is 0 Å². The fourth-order valence-corrected chi connectivity index (χ4v) is 1.29. The zero-order valence-electron chi connectivity index (χ0n) is 10.2. The predicted molar refractivity (Wildman–Crippen MR) is 63.9 cm³/mol. The minimum Gasteiger partial charge on any atom is -0.337 e. The van der Waals surface area contributed by atoms with Gasteiger partial charge in [-0.15, -0.1) is 0 Å². The lowest BCUT2D eigenvalue weighted by Gasteiger charge is -2.11. The third-order valence-electron chi connectivity index (χ3n) is 2.17. The summed E-state index contributed by atoms with van der Waals surface area (Å²) in [6.45, 7) is 1.97. The van der Waals surface area contributed by atoms with Crippen LogP contribution in [-0.4, -0.2) is 17.5 Å². The van der Waals surface area contributed by atoms with Gasteiger partial charge in [-0.1, -0.05) is 0 Å². The van der Waals surface area contributed by atoms with Crippen molar-refractivity contribution in [2.75, 3.05) is 12.0 Å². The second-order valence-corrected chi connectivity index (χ2v) is 3.60. The van der Waals surface area contributed by atoms with Gasteiger partial charge < -0.3 is 5.32 Å². The fourth-order valence-electron chi connectivity index (χ4n) is 1.29. The van der Waals surface area contributed by atoms with Gasteiger partial charge >= 0.3 is 12.2 Å². The topological polar surface area (TPSA) is 96.3 Å². The zero-order valence-corrected chi connectivity index (χ0v) is 10.2. The first kappa shape index (κ1) is 15.5. The van der Waals surface area contributed by atoms with Gasteiger partial charge in [0.2, 0.25) is 0 Å². The van der Waals surface area contributed by atoms with Crippen LogP contribution in [-0.2, 0) is 6.18 Å². The smallest absolute Gasteiger partial charge is 0.337 e. The van der Waals surface area contributed by atoms with E-state index in [-0.39, 0.29) is 5.69 Å². The molecule has 0 saturated heterocycles. The summed E-state index contributed by atoms with van der Waals surface area (Å²) in [7, 11) is 0. The Morgan fingerprint density at radius 3 is 2.55 bits per heavy atom. The van der Waals surface area contributed by atoms with E-state index in [0.29, 0.717) is 18.7 Å². The number of carbonyl (C=O) groups excluding carboxylic acids is 1. The molecule has 0 saturated carbocycles. The molecule has 0 aliphatic heterocycles. The lowest BCUT2D eigenvalue weighted by atomic mass is 10.1. The SMILES string of the molecule is CCNC(=O)NNc1ccc(C(F)(F)F)cc1[N+](=O)[O-]. The standard InChI is InChI=1S/C10H11F3N4O3/c1-2-14-9(18)16-15-7-4-3-6(10(11,12)13)5-8(7)17(19)20/h3-5,15H,2H2,1H3,(H2,14,16,18). The molecule has 0 aliphatic carbocycles. The maximum atomic E-state index is 12.5. The second kappa shape index (κ2) is 6.08. The van der Waals surface area contributed by atoms with Crippen molar-refractivity contribution in [3.8, 4) is 0 Å². The lowest BCUT2D eigenvalue weighted by Crippen LogP contribution is -2.38. The van der Waals surface area contributed by atoms with Gasteiger partial charge in [-0.3, -0.25) is 21.0 Å². The molecule has 0 bridgehead atoms. The Hall–Kier alpha value is -2.52. The lowest BCUT2D eigenvalue weighted by molar-refractivity contribution is -0.384. The molecule has 0 unspecified atom stereocenters. The van der Waals surface area contributed by atoms with E-state index >= 15 is 0 Å². The summed E-state index contributed by atoms with van der Waals surface area (Å²) >= 11 is 0. The summed E-state index contributed by atoms with van der Waals surface area (Å²) < 4.78 is 37.4. The molecule has 110 valence electrons. The predicted octanol–water partition coefficient (Wildman–Crippen LogP) is 2.26. The summed E-state index contributed by atoms with van der Waals surface area (Å²) in [5.41, 5.74) is 2.06. The monoisotopic (exact) mass is 292 g/mol. The Bertz CT molecular complexity index is 519. The number of carbonyl (C=O) groups is 1. The molecule has 0 spiro atoms. The van der Waals surface area contributed by atoms with Crippen molar-refractivity contribution in [2.45, 2.75) is 13.1 Å². The van der Waals surface area contributed by atoms with Gasteiger partial charge in [-0.05, 0) is 19.1 Å². The van der Waals surface area contributed by atoms with Crippen LogP contribution < -0.4 is 16.2 Å². The van der Waals surface area contributed by atoms with E-state index in [0.717, 1.165) is 6.07 Å². The first-order valence-electron chi connectivity index (χ1n) is 5.41. The molecule has 1 aromatic carbocycles.